The molecule has 0 fully saturated rings. The highest BCUT2D eigenvalue weighted by Gasteiger charge is 2.29. The summed E-state index contributed by atoms with van der Waals surface area (Å²) in [4.78, 5) is 27.1. The number of amides is 2. The van der Waals surface area contributed by atoms with Gasteiger partial charge in [-0.1, -0.05) is 62.2 Å². The number of unbranched alkanes of at least 4 members (excludes halogenated alkanes) is 2. The van der Waals surface area contributed by atoms with E-state index < -0.39 is 6.04 Å². The highest BCUT2D eigenvalue weighted by atomic mass is 16.5. The topological polar surface area (TPSA) is 58.6 Å². The van der Waals surface area contributed by atoms with Gasteiger partial charge in [0.25, 0.3) is 0 Å². The van der Waals surface area contributed by atoms with Crippen LogP contribution in [0.4, 0.5) is 0 Å². The third-order valence-electron chi connectivity index (χ3n) is 4.67. The first kappa shape index (κ1) is 21.5. The Hall–Kier alpha value is -2.82. The van der Waals surface area contributed by atoms with Gasteiger partial charge in [-0.15, -0.1) is 0 Å². The maximum atomic E-state index is 13.0. The summed E-state index contributed by atoms with van der Waals surface area (Å²) < 4.78 is 5.20. The number of benzene rings is 2. The lowest BCUT2D eigenvalue weighted by molar-refractivity contribution is -0.140. The lowest BCUT2D eigenvalue weighted by Crippen LogP contribution is -2.42. The largest absolute Gasteiger partial charge is 0.497 e. The maximum absolute atomic E-state index is 13.0. The van der Waals surface area contributed by atoms with Gasteiger partial charge in [0.05, 0.1) is 7.11 Å². The third kappa shape index (κ3) is 6.12. The Morgan fingerprint density at radius 2 is 1.71 bits per heavy atom. The minimum absolute atomic E-state index is 0.145. The van der Waals surface area contributed by atoms with Crippen LogP contribution in [0.15, 0.2) is 54.6 Å². The molecule has 0 heterocycles. The molecule has 0 aliphatic heterocycles. The third-order valence-corrected chi connectivity index (χ3v) is 4.67. The van der Waals surface area contributed by atoms with Crippen molar-refractivity contribution < 1.29 is 14.3 Å². The second-order valence-corrected chi connectivity index (χ2v) is 6.81. The van der Waals surface area contributed by atoms with Crippen LogP contribution in [-0.4, -0.2) is 30.4 Å². The van der Waals surface area contributed by atoms with Crippen molar-refractivity contribution in [3.63, 3.8) is 0 Å². The highest BCUT2D eigenvalue weighted by Crippen LogP contribution is 2.24. The van der Waals surface area contributed by atoms with Crippen LogP contribution in [-0.2, 0) is 16.1 Å². The molecular formula is C23H30N2O3. The number of carbonyl (C=O) groups excluding carboxylic acids is 2. The first-order valence-corrected chi connectivity index (χ1v) is 9.79. The molecule has 2 amide bonds. The summed E-state index contributed by atoms with van der Waals surface area (Å²) in [5.74, 6) is 0.464. The molecular weight excluding hydrogens is 352 g/mol. The first-order chi connectivity index (χ1) is 13.6. The fourth-order valence-electron chi connectivity index (χ4n) is 3.10. The van der Waals surface area contributed by atoms with Gasteiger partial charge < -0.3 is 15.0 Å². The SMILES string of the molecule is CCCCCNC(=O)[C@@H](c1ccccc1)N(Cc1ccc(OC)cc1)C(C)=O. The summed E-state index contributed by atoms with van der Waals surface area (Å²) in [5, 5.41) is 3.00. The van der Waals surface area contributed by atoms with E-state index in [2.05, 4.69) is 12.2 Å². The van der Waals surface area contributed by atoms with Crippen LogP contribution in [0.25, 0.3) is 0 Å². The van der Waals surface area contributed by atoms with Crippen LogP contribution in [0.2, 0.25) is 0 Å². The molecule has 0 spiro atoms. The molecule has 150 valence electrons. The quantitative estimate of drug-likeness (QED) is 0.630. The summed E-state index contributed by atoms with van der Waals surface area (Å²) in [6, 6.07) is 16.3. The van der Waals surface area contributed by atoms with Crippen molar-refractivity contribution in [1.82, 2.24) is 10.2 Å². The Morgan fingerprint density at radius 3 is 2.29 bits per heavy atom. The molecule has 0 aliphatic carbocycles. The predicted octanol–water partition coefficient (Wildman–Crippen LogP) is 4.09. The average Bonchev–Trinajstić information content (AvgIpc) is 2.72. The number of hydrogen-bond donors (Lipinski definition) is 1. The molecule has 1 atom stereocenters. The van der Waals surface area contributed by atoms with Gasteiger partial charge in [0.1, 0.15) is 11.8 Å². The van der Waals surface area contributed by atoms with Gasteiger partial charge in [0, 0.05) is 20.0 Å². The Bertz CT molecular complexity index is 744. The molecule has 0 aromatic heterocycles. The van der Waals surface area contributed by atoms with Crippen LogP contribution >= 0.6 is 0 Å². The number of methoxy groups -OCH3 is 1. The van der Waals surface area contributed by atoms with E-state index in [4.69, 9.17) is 4.74 Å². The fourth-order valence-corrected chi connectivity index (χ4v) is 3.10. The lowest BCUT2D eigenvalue weighted by atomic mass is 10.0. The van der Waals surface area contributed by atoms with Crippen LogP contribution < -0.4 is 10.1 Å². The van der Waals surface area contributed by atoms with Crippen molar-refractivity contribution in [2.75, 3.05) is 13.7 Å². The first-order valence-electron chi connectivity index (χ1n) is 9.79. The molecule has 0 saturated carbocycles. The molecule has 1 N–H and O–H groups in total. The number of ether oxygens (including phenoxy) is 1. The van der Waals surface area contributed by atoms with Crippen molar-refractivity contribution in [3.8, 4) is 5.75 Å². The van der Waals surface area contributed by atoms with E-state index in [1.807, 2.05) is 54.6 Å². The monoisotopic (exact) mass is 382 g/mol. The Kier molecular flexibility index (Phi) is 8.53. The molecule has 28 heavy (non-hydrogen) atoms. The van der Waals surface area contributed by atoms with Crippen molar-refractivity contribution >= 4 is 11.8 Å². The molecule has 0 bridgehead atoms. The molecule has 5 nitrogen and oxygen atoms in total. The number of hydrogen-bond acceptors (Lipinski definition) is 3. The van der Waals surface area contributed by atoms with E-state index in [0.717, 1.165) is 36.1 Å². The Labute approximate surface area is 167 Å². The molecule has 2 aromatic carbocycles. The molecule has 0 unspecified atom stereocenters. The van der Waals surface area contributed by atoms with Crippen molar-refractivity contribution in [3.05, 3.63) is 65.7 Å². The molecule has 0 radical (unpaired) electrons. The predicted molar refractivity (Wildman–Crippen MR) is 111 cm³/mol. The number of carbonyl (C=O) groups is 2. The van der Waals surface area contributed by atoms with Crippen molar-refractivity contribution in [2.24, 2.45) is 0 Å². The van der Waals surface area contributed by atoms with E-state index in [-0.39, 0.29) is 11.8 Å². The number of nitrogens with one attached hydrogen (secondary N) is 1. The van der Waals surface area contributed by atoms with Crippen molar-refractivity contribution in [1.29, 1.82) is 0 Å². The van der Waals surface area contributed by atoms with Gasteiger partial charge in [-0.05, 0) is 29.7 Å². The summed E-state index contributed by atoms with van der Waals surface area (Å²) in [6.07, 6.45) is 3.09. The molecule has 0 aliphatic rings. The molecule has 2 aromatic rings. The second kappa shape index (κ2) is 11.1. The highest BCUT2D eigenvalue weighted by molar-refractivity contribution is 5.88. The van der Waals surface area contributed by atoms with Gasteiger partial charge in [-0.25, -0.2) is 0 Å². The molecule has 2 rings (SSSR count). The number of rotatable bonds is 10. The van der Waals surface area contributed by atoms with E-state index in [9.17, 15) is 9.59 Å². The van der Waals surface area contributed by atoms with Gasteiger partial charge in [-0.3, -0.25) is 9.59 Å². The standard InChI is InChI=1S/C23H30N2O3/c1-4-5-9-16-24-23(27)22(20-10-7-6-8-11-20)25(18(2)26)17-19-12-14-21(28-3)15-13-19/h6-8,10-15,22H,4-5,9,16-17H2,1-3H3,(H,24,27)/t22-/m1/s1. The average molecular weight is 383 g/mol. The maximum Gasteiger partial charge on any atom is 0.247 e. The van der Waals surface area contributed by atoms with Crippen LogP contribution in [0.1, 0.15) is 50.3 Å². The van der Waals surface area contributed by atoms with Gasteiger partial charge >= 0.3 is 0 Å². The van der Waals surface area contributed by atoms with Crippen LogP contribution in [0.3, 0.4) is 0 Å². The fraction of sp³-hybridized carbons (Fsp3) is 0.391. The van der Waals surface area contributed by atoms with Gasteiger partial charge in [-0.2, -0.15) is 0 Å². The van der Waals surface area contributed by atoms with Crippen LogP contribution in [0, 0.1) is 0 Å². The summed E-state index contributed by atoms with van der Waals surface area (Å²) >= 11 is 0. The van der Waals surface area contributed by atoms with Gasteiger partial charge in [0.15, 0.2) is 0 Å². The Morgan fingerprint density at radius 1 is 1.04 bits per heavy atom. The molecule has 0 saturated heterocycles. The normalized spacial score (nSPS) is 11.5. The summed E-state index contributed by atoms with van der Waals surface area (Å²) in [6.45, 7) is 4.59. The van der Waals surface area contributed by atoms with Crippen molar-refractivity contribution in [2.45, 2.75) is 45.7 Å². The number of nitrogens with zero attached hydrogens (tertiary/aromatic N) is 1. The minimum Gasteiger partial charge on any atom is -0.497 e. The van der Waals surface area contributed by atoms with Gasteiger partial charge in [0.2, 0.25) is 11.8 Å². The summed E-state index contributed by atoms with van der Waals surface area (Å²) in [7, 11) is 1.62. The van der Waals surface area contributed by atoms with Crippen LogP contribution in [0.5, 0.6) is 5.75 Å². The van der Waals surface area contributed by atoms with E-state index in [1.165, 1.54) is 6.92 Å². The second-order valence-electron chi connectivity index (χ2n) is 6.81. The van der Waals surface area contributed by atoms with E-state index >= 15 is 0 Å². The summed E-state index contributed by atoms with van der Waals surface area (Å²) in [5.41, 5.74) is 1.75. The van der Waals surface area contributed by atoms with E-state index in [0.29, 0.717) is 13.1 Å². The minimum atomic E-state index is -0.664. The zero-order valence-corrected chi connectivity index (χ0v) is 17.0. The molecule has 5 heteroatoms. The zero-order valence-electron chi connectivity index (χ0n) is 17.0. The zero-order chi connectivity index (χ0) is 20.4. The Balaban J connectivity index is 2.25. The smallest absolute Gasteiger partial charge is 0.247 e. The van der Waals surface area contributed by atoms with E-state index in [1.54, 1.807) is 12.0 Å². The lowest BCUT2D eigenvalue weighted by Gasteiger charge is -2.30.